The van der Waals surface area contributed by atoms with Crippen LogP contribution in [0.1, 0.15) is 96.5 Å². The Morgan fingerprint density at radius 3 is 2.00 bits per heavy atom. The van der Waals surface area contributed by atoms with Crippen LogP contribution in [0.3, 0.4) is 0 Å². The third-order valence-electron chi connectivity index (χ3n) is 7.04. The maximum absolute atomic E-state index is 15.4. The summed E-state index contributed by atoms with van der Waals surface area (Å²) < 4.78 is 36.1. The molecule has 3 aromatic rings. The van der Waals surface area contributed by atoms with Crippen LogP contribution in [0, 0.1) is 11.6 Å². The van der Waals surface area contributed by atoms with Crippen molar-refractivity contribution in [1.29, 1.82) is 0 Å². The molecule has 0 bridgehead atoms. The van der Waals surface area contributed by atoms with Crippen LogP contribution in [0.25, 0.3) is 22.3 Å². The molecule has 0 N–H and O–H groups in total. The molecule has 0 fully saturated rings. The molecule has 2 nitrogen and oxygen atoms in total. The lowest BCUT2D eigenvalue weighted by Crippen LogP contribution is -2.07. The van der Waals surface area contributed by atoms with E-state index in [2.05, 4.69) is 13.8 Å². The topological polar surface area (TPSA) is 26.3 Å². The smallest absolute Gasteiger partial charge is 0.311 e. The van der Waals surface area contributed by atoms with Gasteiger partial charge in [-0.15, -0.1) is 0 Å². The van der Waals surface area contributed by atoms with E-state index >= 15 is 8.78 Å². The molecule has 0 unspecified atom stereocenters. The Labute approximate surface area is 227 Å². The first-order valence-electron chi connectivity index (χ1n) is 14.4. The molecule has 4 heteroatoms. The van der Waals surface area contributed by atoms with Crippen LogP contribution >= 0.6 is 0 Å². The molecule has 38 heavy (non-hydrogen) atoms. The van der Waals surface area contributed by atoms with Gasteiger partial charge in [-0.2, -0.15) is 0 Å². The normalized spacial score (nSPS) is 11.1. The number of rotatable bonds is 16. The fraction of sp³-hybridized carbons (Fsp3) is 0.441. The van der Waals surface area contributed by atoms with Crippen molar-refractivity contribution in [2.45, 2.75) is 97.3 Å². The summed E-state index contributed by atoms with van der Waals surface area (Å²) >= 11 is 0. The van der Waals surface area contributed by atoms with Crippen molar-refractivity contribution in [2.24, 2.45) is 0 Å². The predicted octanol–water partition coefficient (Wildman–Crippen LogP) is 10.5. The zero-order valence-corrected chi connectivity index (χ0v) is 23.0. The Kier molecular flexibility index (Phi) is 12.5. The van der Waals surface area contributed by atoms with Crippen molar-refractivity contribution in [2.75, 3.05) is 0 Å². The zero-order chi connectivity index (χ0) is 27.2. The number of benzene rings is 3. The Hall–Kier alpha value is -3.01. The highest BCUT2D eigenvalue weighted by atomic mass is 19.2. The highest BCUT2D eigenvalue weighted by Crippen LogP contribution is 2.37. The maximum Gasteiger partial charge on any atom is 0.311 e. The summed E-state index contributed by atoms with van der Waals surface area (Å²) in [7, 11) is 0. The molecule has 0 saturated heterocycles. The molecule has 0 spiro atoms. The van der Waals surface area contributed by atoms with E-state index in [0.717, 1.165) is 50.5 Å². The fourth-order valence-corrected chi connectivity index (χ4v) is 4.82. The van der Waals surface area contributed by atoms with Crippen LogP contribution in [0.4, 0.5) is 8.78 Å². The fourth-order valence-electron chi connectivity index (χ4n) is 4.82. The van der Waals surface area contributed by atoms with E-state index in [4.69, 9.17) is 4.74 Å². The summed E-state index contributed by atoms with van der Waals surface area (Å²) in [6, 6.07) is 18.1. The van der Waals surface area contributed by atoms with Gasteiger partial charge in [-0.05, 0) is 59.7 Å². The van der Waals surface area contributed by atoms with Crippen LogP contribution in [0.2, 0.25) is 0 Å². The first kappa shape index (κ1) is 29.5. The molecular formula is C34H42F2O2. The summed E-state index contributed by atoms with van der Waals surface area (Å²) in [6.45, 7) is 4.34. The average Bonchev–Trinajstić information content (AvgIpc) is 2.93. The number of hydrogen-bond acceptors (Lipinski definition) is 2. The predicted molar refractivity (Wildman–Crippen MR) is 153 cm³/mol. The van der Waals surface area contributed by atoms with E-state index in [1.54, 1.807) is 30.3 Å². The van der Waals surface area contributed by atoms with Crippen molar-refractivity contribution < 1.29 is 18.3 Å². The standard InChI is InChI=1S/C34H42F2O2/c1-3-5-7-9-11-16-20-32(37)38-28-22-24-29(31(25-28)26-17-14-12-15-18-26)30-23-21-27(33(35)34(30)36)19-13-10-8-6-4-2/h12,14-15,17-18,21-25H,3-11,13,16,19-20H2,1-2H3. The van der Waals surface area contributed by atoms with E-state index in [0.29, 0.717) is 35.3 Å². The molecule has 3 rings (SSSR count). The van der Waals surface area contributed by atoms with Gasteiger partial charge in [0.15, 0.2) is 11.6 Å². The van der Waals surface area contributed by atoms with Gasteiger partial charge in [-0.1, -0.05) is 114 Å². The molecule has 0 amide bonds. The third-order valence-corrected chi connectivity index (χ3v) is 7.04. The van der Waals surface area contributed by atoms with Gasteiger partial charge in [0.05, 0.1) is 0 Å². The average molecular weight is 521 g/mol. The lowest BCUT2D eigenvalue weighted by molar-refractivity contribution is -0.134. The van der Waals surface area contributed by atoms with Gasteiger partial charge < -0.3 is 4.74 Å². The van der Waals surface area contributed by atoms with Crippen LogP contribution < -0.4 is 4.74 Å². The second-order valence-electron chi connectivity index (χ2n) is 10.1. The number of carbonyl (C=O) groups is 1. The van der Waals surface area contributed by atoms with Gasteiger partial charge in [-0.25, -0.2) is 8.78 Å². The van der Waals surface area contributed by atoms with Gasteiger partial charge in [0.2, 0.25) is 0 Å². The summed E-state index contributed by atoms with van der Waals surface area (Å²) in [5.41, 5.74) is 2.74. The Balaban J connectivity index is 1.78. The van der Waals surface area contributed by atoms with Crippen LogP contribution in [0.5, 0.6) is 5.75 Å². The molecule has 0 heterocycles. The molecule has 3 aromatic carbocycles. The molecule has 0 aliphatic rings. The molecule has 0 radical (unpaired) electrons. The monoisotopic (exact) mass is 520 g/mol. The Morgan fingerprint density at radius 1 is 0.658 bits per heavy atom. The van der Waals surface area contributed by atoms with Crippen molar-refractivity contribution in [3.8, 4) is 28.0 Å². The number of ether oxygens (including phenoxy) is 1. The first-order chi connectivity index (χ1) is 18.5. The number of halogens is 2. The Bertz CT molecular complexity index is 1140. The van der Waals surface area contributed by atoms with Crippen molar-refractivity contribution >= 4 is 5.97 Å². The van der Waals surface area contributed by atoms with E-state index in [-0.39, 0.29) is 11.5 Å². The van der Waals surface area contributed by atoms with E-state index in [1.807, 2.05) is 30.3 Å². The minimum atomic E-state index is -0.832. The lowest BCUT2D eigenvalue weighted by atomic mass is 9.92. The molecule has 204 valence electrons. The molecule has 0 saturated carbocycles. The van der Waals surface area contributed by atoms with Gasteiger partial charge in [-0.3, -0.25) is 4.79 Å². The highest BCUT2D eigenvalue weighted by Gasteiger charge is 2.19. The lowest BCUT2D eigenvalue weighted by Gasteiger charge is -2.15. The summed E-state index contributed by atoms with van der Waals surface area (Å²) in [4.78, 5) is 12.5. The maximum atomic E-state index is 15.4. The molecular weight excluding hydrogens is 478 g/mol. The number of hydrogen-bond donors (Lipinski definition) is 0. The molecule has 0 atom stereocenters. The van der Waals surface area contributed by atoms with E-state index < -0.39 is 11.6 Å². The summed E-state index contributed by atoms with van der Waals surface area (Å²) in [5.74, 6) is -1.46. The largest absolute Gasteiger partial charge is 0.427 e. The third kappa shape index (κ3) is 8.79. The zero-order valence-electron chi connectivity index (χ0n) is 23.0. The van der Waals surface area contributed by atoms with Crippen molar-refractivity contribution in [3.05, 3.63) is 77.9 Å². The van der Waals surface area contributed by atoms with Gasteiger partial charge in [0, 0.05) is 12.0 Å². The van der Waals surface area contributed by atoms with Gasteiger partial charge >= 0.3 is 5.97 Å². The first-order valence-corrected chi connectivity index (χ1v) is 14.4. The van der Waals surface area contributed by atoms with E-state index in [1.165, 1.54) is 25.7 Å². The van der Waals surface area contributed by atoms with Crippen LogP contribution in [-0.2, 0) is 11.2 Å². The SMILES string of the molecule is CCCCCCCCC(=O)Oc1ccc(-c2ccc(CCCCCCC)c(F)c2F)c(-c2ccccc2)c1. The second kappa shape index (κ2) is 16.1. The number of unbranched alkanes of at least 4 members (excludes halogenated alkanes) is 9. The summed E-state index contributed by atoms with van der Waals surface area (Å²) in [6.07, 6.45) is 12.8. The van der Waals surface area contributed by atoms with Crippen molar-refractivity contribution in [1.82, 2.24) is 0 Å². The quantitative estimate of drug-likeness (QED) is 0.107. The minimum Gasteiger partial charge on any atom is -0.427 e. The van der Waals surface area contributed by atoms with E-state index in [9.17, 15) is 4.79 Å². The summed E-state index contributed by atoms with van der Waals surface area (Å²) in [5, 5.41) is 0. The number of carbonyl (C=O) groups excluding carboxylic acids is 1. The van der Waals surface area contributed by atoms with Gasteiger partial charge in [0.25, 0.3) is 0 Å². The second-order valence-corrected chi connectivity index (χ2v) is 10.1. The highest BCUT2D eigenvalue weighted by molar-refractivity contribution is 5.85. The minimum absolute atomic E-state index is 0.209. The molecule has 0 aliphatic heterocycles. The molecule has 0 aromatic heterocycles. The van der Waals surface area contributed by atoms with Crippen LogP contribution in [-0.4, -0.2) is 5.97 Å². The molecule has 0 aliphatic carbocycles. The van der Waals surface area contributed by atoms with Crippen LogP contribution in [0.15, 0.2) is 60.7 Å². The number of aryl methyl sites for hydroxylation is 1. The van der Waals surface area contributed by atoms with Crippen molar-refractivity contribution in [3.63, 3.8) is 0 Å². The Morgan fingerprint density at radius 2 is 1.29 bits per heavy atom. The number of esters is 1. The van der Waals surface area contributed by atoms with Gasteiger partial charge in [0.1, 0.15) is 5.75 Å².